The number of hydrogen-bond acceptors (Lipinski definition) is 5. The van der Waals surface area contributed by atoms with Crippen LogP contribution in [0.2, 0.25) is 0 Å². The highest BCUT2D eigenvalue weighted by Crippen LogP contribution is 2.55. The fourth-order valence-corrected chi connectivity index (χ4v) is 5.61. The zero-order valence-corrected chi connectivity index (χ0v) is 19.4. The van der Waals surface area contributed by atoms with E-state index in [9.17, 15) is 4.79 Å². The smallest absolute Gasteiger partial charge is 0.272 e. The Morgan fingerprint density at radius 3 is 2.69 bits per heavy atom. The van der Waals surface area contributed by atoms with Crippen LogP contribution in [-0.4, -0.2) is 48.2 Å². The molecule has 170 valence electrons. The summed E-state index contributed by atoms with van der Waals surface area (Å²) in [7, 11) is 1.67. The molecule has 4 heterocycles. The van der Waals surface area contributed by atoms with E-state index in [-0.39, 0.29) is 28.9 Å². The molecule has 0 bridgehead atoms. The molecule has 2 saturated heterocycles. The van der Waals surface area contributed by atoms with Crippen LogP contribution in [-0.2, 0) is 4.74 Å². The lowest BCUT2D eigenvalue weighted by molar-refractivity contribution is -0.173. The predicted molar refractivity (Wildman–Crippen MR) is 121 cm³/mol. The maximum Gasteiger partial charge on any atom is 0.272 e. The average molecular weight is 437 g/mol. The van der Waals surface area contributed by atoms with E-state index in [2.05, 4.69) is 24.9 Å². The van der Waals surface area contributed by atoms with Crippen molar-refractivity contribution in [1.82, 2.24) is 9.88 Å². The standard InChI is InChI=1S/C26H32N2O4/c1-17-6-5-7-21(27-17)24(29)28-12-10-26(11-13-28)15-20-23(31-16-26)19-9-8-18(30-4)14-22(19)32-25(20,2)3/h5-9,14,20,23H,10-13,15-16H2,1-4H3/t20-,23+/m0/s1. The molecule has 2 fully saturated rings. The van der Waals surface area contributed by atoms with Crippen LogP contribution in [0.5, 0.6) is 11.5 Å². The highest BCUT2D eigenvalue weighted by molar-refractivity contribution is 5.92. The van der Waals surface area contributed by atoms with Crippen molar-refractivity contribution in [2.45, 2.75) is 51.7 Å². The lowest BCUT2D eigenvalue weighted by Crippen LogP contribution is -2.54. The van der Waals surface area contributed by atoms with Crippen LogP contribution in [0.15, 0.2) is 36.4 Å². The van der Waals surface area contributed by atoms with E-state index in [1.54, 1.807) is 7.11 Å². The number of ether oxygens (including phenoxy) is 3. The van der Waals surface area contributed by atoms with Crippen molar-refractivity contribution in [3.63, 3.8) is 0 Å². The van der Waals surface area contributed by atoms with E-state index in [0.29, 0.717) is 5.69 Å². The van der Waals surface area contributed by atoms with Crippen molar-refractivity contribution >= 4 is 5.91 Å². The van der Waals surface area contributed by atoms with Gasteiger partial charge in [-0.3, -0.25) is 4.79 Å². The van der Waals surface area contributed by atoms with E-state index in [1.165, 1.54) is 0 Å². The van der Waals surface area contributed by atoms with E-state index >= 15 is 0 Å². The van der Waals surface area contributed by atoms with Gasteiger partial charge in [0.15, 0.2) is 0 Å². The van der Waals surface area contributed by atoms with Crippen LogP contribution in [0.25, 0.3) is 0 Å². The molecule has 1 amide bonds. The van der Waals surface area contributed by atoms with Crippen molar-refractivity contribution in [2.24, 2.45) is 11.3 Å². The van der Waals surface area contributed by atoms with Crippen LogP contribution in [0.4, 0.5) is 0 Å². The molecule has 2 atom stereocenters. The second-order valence-corrected chi connectivity index (χ2v) is 10.1. The predicted octanol–water partition coefficient (Wildman–Crippen LogP) is 4.57. The van der Waals surface area contributed by atoms with Crippen molar-refractivity contribution in [1.29, 1.82) is 0 Å². The minimum atomic E-state index is -0.337. The van der Waals surface area contributed by atoms with E-state index < -0.39 is 0 Å². The van der Waals surface area contributed by atoms with Gasteiger partial charge in [-0.05, 0) is 69.7 Å². The van der Waals surface area contributed by atoms with Gasteiger partial charge in [0.25, 0.3) is 5.91 Å². The van der Waals surface area contributed by atoms with Crippen molar-refractivity contribution in [3.05, 3.63) is 53.3 Å². The van der Waals surface area contributed by atoms with Crippen LogP contribution in [0.1, 0.15) is 61.0 Å². The Labute approximate surface area is 189 Å². The Balaban J connectivity index is 1.31. The largest absolute Gasteiger partial charge is 0.497 e. The van der Waals surface area contributed by atoms with Crippen LogP contribution >= 0.6 is 0 Å². The Morgan fingerprint density at radius 1 is 1.19 bits per heavy atom. The topological polar surface area (TPSA) is 60.9 Å². The minimum absolute atomic E-state index is 0.0291. The molecule has 32 heavy (non-hydrogen) atoms. The average Bonchev–Trinajstić information content (AvgIpc) is 2.79. The van der Waals surface area contributed by atoms with Crippen molar-refractivity contribution in [2.75, 3.05) is 26.8 Å². The Hall–Kier alpha value is -2.60. The van der Waals surface area contributed by atoms with Gasteiger partial charge in [-0.15, -0.1) is 0 Å². The van der Waals surface area contributed by atoms with Gasteiger partial charge in [0.1, 0.15) is 22.8 Å². The monoisotopic (exact) mass is 436 g/mol. The van der Waals surface area contributed by atoms with Gasteiger partial charge in [0.05, 0.1) is 19.8 Å². The summed E-state index contributed by atoms with van der Waals surface area (Å²) >= 11 is 0. The van der Waals surface area contributed by atoms with Crippen molar-refractivity contribution < 1.29 is 19.0 Å². The van der Waals surface area contributed by atoms with Gasteiger partial charge < -0.3 is 19.1 Å². The SMILES string of the molecule is COc1ccc2c(c1)OC(C)(C)[C@H]1CC3(CCN(C(=O)c4cccc(C)n4)CC3)CO[C@H]21. The quantitative estimate of drug-likeness (QED) is 0.690. The van der Waals surface area contributed by atoms with Crippen molar-refractivity contribution in [3.8, 4) is 11.5 Å². The number of methoxy groups -OCH3 is 1. The summed E-state index contributed by atoms with van der Waals surface area (Å²) in [5, 5.41) is 0. The van der Waals surface area contributed by atoms with E-state index in [0.717, 1.165) is 61.7 Å². The third-order valence-corrected chi connectivity index (χ3v) is 7.60. The number of carbonyl (C=O) groups is 1. The molecule has 1 aromatic heterocycles. The zero-order chi connectivity index (χ0) is 22.5. The first-order chi connectivity index (χ1) is 15.3. The number of piperidine rings is 1. The number of carbonyl (C=O) groups excluding carboxylic acids is 1. The Kier molecular flexibility index (Phi) is 5.16. The summed E-state index contributed by atoms with van der Waals surface area (Å²) in [6.45, 7) is 8.45. The maximum absolute atomic E-state index is 12.9. The summed E-state index contributed by atoms with van der Waals surface area (Å²) in [6, 6.07) is 11.6. The van der Waals surface area contributed by atoms with Crippen LogP contribution in [0, 0.1) is 18.3 Å². The number of aromatic nitrogens is 1. The number of hydrogen-bond donors (Lipinski definition) is 0. The number of aryl methyl sites for hydroxylation is 1. The molecule has 5 rings (SSSR count). The third kappa shape index (κ3) is 3.64. The number of benzene rings is 1. The zero-order valence-electron chi connectivity index (χ0n) is 19.4. The second-order valence-electron chi connectivity index (χ2n) is 10.1. The molecule has 6 heteroatoms. The first-order valence-corrected chi connectivity index (χ1v) is 11.5. The summed E-state index contributed by atoms with van der Waals surface area (Å²) in [5.74, 6) is 1.95. The van der Waals surface area contributed by atoms with E-state index in [4.69, 9.17) is 14.2 Å². The molecule has 3 aliphatic rings. The number of fused-ring (bicyclic) bond motifs is 3. The number of likely N-dealkylation sites (tertiary alicyclic amines) is 1. The normalized spacial score (nSPS) is 25.4. The third-order valence-electron chi connectivity index (χ3n) is 7.60. The summed E-state index contributed by atoms with van der Waals surface area (Å²) in [4.78, 5) is 19.3. The van der Waals surface area contributed by atoms with Crippen LogP contribution < -0.4 is 9.47 Å². The van der Waals surface area contributed by atoms with Gasteiger partial charge in [0, 0.05) is 36.3 Å². The lowest BCUT2D eigenvalue weighted by atomic mass is 9.64. The first-order valence-electron chi connectivity index (χ1n) is 11.5. The molecule has 0 saturated carbocycles. The van der Waals surface area contributed by atoms with Gasteiger partial charge in [-0.1, -0.05) is 6.07 Å². The van der Waals surface area contributed by atoms with Gasteiger partial charge >= 0.3 is 0 Å². The van der Waals surface area contributed by atoms with E-state index in [1.807, 2.05) is 42.2 Å². The number of nitrogens with zero attached hydrogens (tertiary/aromatic N) is 2. The highest BCUT2D eigenvalue weighted by Gasteiger charge is 2.53. The molecule has 3 aliphatic heterocycles. The second kappa shape index (κ2) is 7.77. The molecule has 0 radical (unpaired) electrons. The highest BCUT2D eigenvalue weighted by atomic mass is 16.5. The molecule has 0 N–H and O–H groups in total. The first kappa shape index (κ1) is 21.3. The molecule has 6 nitrogen and oxygen atoms in total. The number of pyridine rings is 1. The van der Waals surface area contributed by atoms with Gasteiger partial charge in [-0.2, -0.15) is 0 Å². The molecule has 0 aliphatic carbocycles. The van der Waals surface area contributed by atoms with Crippen LogP contribution in [0.3, 0.4) is 0 Å². The fourth-order valence-electron chi connectivity index (χ4n) is 5.61. The molecular formula is C26H32N2O4. The fraction of sp³-hybridized carbons (Fsp3) is 0.538. The van der Waals surface area contributed by atoms with Gasteiger partial charge in [-0.25, -0.2) is 4.98 Å². The Bertz CT molecular complexity index is 1030. The molecule has 2 aromatic rings. The molecule has 0 unspecified atom stereocenters. The maximum atomic E-state index is 12.9. The molecular weight excluding hydrogens is 404 g/mol. The molecule has 1 spiro atoms. The minimum Gasteiger partial charge on any atom is -0.497 e. The summed E-state index contributed by atoms with van der Waals surface area (Å²) in [6.07, 6.45) is 2.96. The Morgan fingerprint density at radius 2 is 1.97 bits per heavy atom. The number of rotatable bonds is 2. The summed E-state index contributed by atoms with van der Waals surface area (Å²) < 4.78 is 18.4. The number of amides is 1. The molecule has 1 aromatic carbocycles. The summed E-state index contributed by atoms with van der Waals surface area (Å²) in [5.41, 5.74) is 2.27. The lowest BCUT2D eigenvalue weighted by Gasteiger charge is -2.54. The van der Waals surface area contributed by atoms with Gasteiger partial charge in [0.2, 0.25) is 0 Å².